The zero-order chi connectivity index (χ0) is 21.1. The average Bonchev–Trinajstić information content (AvgIpc) is 2.72. The molecule has 1 aliphatic heterocycles. The molecule has 0 unspecified atom stereocenters. The Morgan fingerprint density at radius 1 is 1.27 bits per heavy atom. The van der Waals surface area contributed by atoms with Gasteiger partial charge in [0.25, 0.3) is 0 Å². The standard InChI is InChI=1S/C21H35N5O3.HI/c1-4-23-21(25-17-10-13-26(14-11-17)20(22)27)24-12-6-7-16-8-9-18(28-3)19(15-16)29-5-2;/h8-9,15,17H,4-7,10-14H2,1-3H3,(H2,22,27)(H2,23,24,25);1H. The number of benzene rings is 1. The van der Waals surface area contributed by atoms with Crippen molar-refractivity contribution in [3.63, 3.8) is 0 Å². The molecule has 0 radical (unpaired) electrons. The number of nitrogens with zero attached hydrogens (tertiary/aromatic N) is 2. The summed E-state index contributed by atoms with van der Waals surface area (Å²) in [5.41, 5.74) is 6.56. The fourth-order valence-corrected chi connectivity index (χ4v) is 3.38. The number of rotatable bonds is 9. The van der Waals surface area contributed by atoms with Gasteiger partial charge in [-0.1, -0.05) is 6.07 Å². The Bertz CT molecular complexity index is 679. The summed E-state index contributed by atoms with van der Waals surface area (Å²) in [5, 5.41) is 6.78. The summed E-state index contributed by atoms with van der Waals surface area (Å²) in [7, 11) is 1.65. The molecule has 0 aromatic heterocycles. The van der Waals surface area contributed by atoms with Gasteiger partial charge in [0.1, 0.15) is 0 Å². The minimum Gasteiger partial charge on any atom is -0.493 e. The molecule has 0 bridgehead atoms. The summed E-state index contributed by atoms with van der Waals surface area (Å²) >= 11 is 0. The molecule has 30 heavy (non-hydrogen) atoms. The van der Waals surface area contributed by atoms with Crippen LogP contribution >= 0.6 is 24.0 Å². The van der Waals surface area contributed by atoms with Crippen molar-refractivity contribution in [2.45, 2.75) is 45.6 Å². The molecule has 170 valence electrons. The van der Waals surface area contributed by atoms with Crippen LogP contribution in [-0.4, -0.2) is 62.8 Å². The Morgan fingerprint density at radius 2 is 2.00 bits per heavy atom. The minimum absolute atomic E-state index is 0. The second-order valence-electron chi connectivity index (χ2n) is 7.03. The van der Waals surface area contributed by atoms with Crippen molar-refractivity contribution in [3.05, 3.63) is 23.8 Å². The SMILES string of the molecule is CCNC(=NCCCc1ccc(OC)c(OCC)c1)NC1CCN(C(N)=O)CC1.I. The van der Waals surface area contributed by atoms with E-state index in [0.29, 0.717) is 25.7 Å². The summed E-state index contributed by atoms with van der Waals surface area (Å²) in [4.78, 5) is 17.6. The van der Waals surface area contributed by atoms with Gasteiger partial charge < -0.3 is 30.7 Å². The molecule has 1 heterocycles. The molecule has 1 fully saturated rings. The van der Waals surface area contributed by atoms with Crippen LogP contribution in [-0.2, 0) is 6.42 Å². The lowest BCUT2D eigenvalue weighted by Crippen LogP contribution is -2.50. The van der Waals surface area contributed by atoms with Crippen LogP contribution in [0.5, 0.6) is 11.5 Å². The molecule has 0 atom stereocenters. The van der Waals surface area contributed by atoms with Crippen LogP contribution in [0.15, 0.2) is 23.2 Å². The quantitative estimate of drug-likeness (QED) is 0.196. The highest BCUT2D eigenvalue weighted by atomic mass is 127. The molecule has 0 spiro atoms. The first kappa shape index (κ1) is 26.1. The van der Waals surface area contributed by atoms with E-state index >= 15 is 0 Å². The highest BCUT2D eigenvalue weighted by molar-refractivity contribution is 14.0. The van der Waals surface area contributed by atoms with Crippen LogP contribution in [0.25, 0.3) is 0 Å². The lowest BCUT2D eigenvalue weighted by molar-refractivity contribution is 0.188. The van der Waals surface area contributed by atoms with Gasteiger partial charge in [0.05, 0.1) is 13.7 Å². The molecule has 0 saturated carbocycles. The number of nitrogens with two attached hydrogens (primary N) is 1. The minimum atomic E-state index is -0.338. The number of nitrogens with one attached hydrogen (secondary N) is 2. The van der Waals surface area contributed by atoms with Gasteiger partial charge in [-0.3, -0.25) is 4.99 Å². The van der Waals surface area contributed by atoms with Crippen LogP contribution in [0.3, 0.4) is 0 Å². The summed E-state index contributed by atoms with van der Waals surface area (Å²) in [5.74, 6) is 2.37. The fourth-order valence-electron chi connectivity index (χ4n) is 3.38. The van der Waals surface area contributed by atoms with Crippen molar-refractivity contribution in [1.29, 1.82) is 0 Å². The van der Waals surface area contributed by atoms with Crippen molar-refractivity contribution >= 4 is 36.0 Å². The highest BCUT2D eigenvalue weighted by Gasteiger charge is 2.21. The number of carbonyl (C=O) groups is 1. The average molecular weight is 533 g/mol. The predicted molar refractivity (Wildman–Crippen MR) is 131 cm³/mol. The molecule has 2 rings (SSSR count). The molecule has 1 aromatic rings. The highest BCUT2D eigenvalue weighted by Crippen LogP contribution is 2.28. The second kappa shape index (κ2) is 14.2. The Balaban J connectivity index is 0.00000450. The number of aliphatic imine (C=N–C) groups is 1. The molecule has 2 amide bonds. The number of guanidine groups is 1. The smallest absolute Gasteiger partial charge is 0.314 e. The summed E-state index contributed by atoms with van der Waals surface area (Å²) in [6.07, 6.45) is 3.61. The topological polar surface area (TPSA) is 101 Å². The number of aryl methyl sites for hydroxylation is 1. The third-order valence-electron chi connectivity index (χ3n) is 4.91. The van der Waals surface area contributed by atoms with E-state index in [1.54, 1.807) is 12.0 Å². The Hall–Kier alpha value is -1.91. The number of likely N-dealkylation sites (tertiary alicyclic amines) is 1. The first-order chi connectivity index (χ1) is 14.1. The van der Waals surface area contributed by atoms with Crippen LogP contribution in [0.1, 0.15) is 38.7 Å². The maximum Gasteiger partial charge on any atom is 0.314 e. The van der Waals surface area contributed by atoms with Gasteiger partial charge in [-0.25, -0.2) is 4.79 Å². The molecule has 4 N–H and O–H groups in total. The maximum atomic E-state index is 11.2. The molecule has 1 saturated heterocycles. The largest absolute Gasteiger partial charge is 0.493 e. The first-order valence-electron chi connectivity index (χ1n) is 10.5. The number of amides is 2. The second-order valence-corrected chi connectivity index (χ2v) is 7.03. The number of primary amides is 1. The van der Waals surface area contributed by atoms with Gasteiger partial charge in [-0.15, -0.1) is 24.0 Å². The van der Waals surface area contributed by atoms with Crippen molar-refractivity contribution < 1.29 is 14.3 Å². The Morgan fingerprint density at radius 3 is 2.60 bits per heavy atom. The van der Waals surface area contributed by atoms with Crippen molar-refractivity contribution in [1.82, 2.24) is 15.5 Å². The van der Waals surface area contributed by atoms with E-state index in [9.17, 15) is 4.79 Å². The van der Waals surface area contributed by atoms with E-state index in [0.717, 1.165) is 56.2 Å². The maximum absolute atomic E-state index is 11.2. The first-order valence-corrected chi connectivity index (χ1v) is 10.5. The molecular formula is C21H36IN5O3. The molecule has 1 aliphatic rings. The van der Waals surface area contributed by atoms with E-state index < -0.39 is 0 Å². The molecule has 0 aliphatic carbocycles. The number of halogens is 1. The van der Waals surface area contributed by atoms with Gasteiger partial charge in [0, 0.05) is 32.2 Å². The number of ether oxygens (including phenoxy) is 2. The molecular weight excluding hydrogens is 497 g/mol. The van der Waals surface area contributed by atoms with E-state index in [1.165, 1.54) is 5.56 Å². The number of piperidine rings is 1. The van der Waals surface area contributed by atoms with E-state index in [2.05, 4.69) is 23.6 Å². The summed E-state index contributed by atoms with van der Waals surface area (Å²) in [6.45, 7) is 7.54. The summed E-state index contributed by atoms with van der Waals surface area (Å²) < 4.78 is 11.0. The lowest BCUT2D eigenvalue weighted by Gasteiger charge is -2.32. The third-order valence-corrected chi connectivity index (χ3v) is 4.91. The predicted octanol–water partition coefficient (Wildman–Crippen LogP) is 2.74. The monoisotopic (exact) mass is 533 g/mol. The van der Waals surface area contributed by atoms with Gasteiger partial charge in [-0.2, -0.15) is 0 Å². The van der Waals surface area contributed by atoms with Crippen LogP contribution < -0.4 is 25.8 Å². The van der Waals surface area contributed by atoms with E-state index in [4.69, 9.17) is 20.2 Å². The zero-order valence-corrected chi connectivity index (χ0v) is 20.6. The van der Waals surface area contributed by atoms with Gasteiger partial charge in [-0.05, 0) is 57.2 Å². The van der Waals surface area contributed by atoms with Crippen LogP contribution in [0, 0.1) is 0 Å². The van der Waals surface area contributed by atoms with E-state index in [-0.39, 0.29) is 30.0 Å². The van der Waals surface area contributed by atoms with Crippen molar-refractivity contribution in [2.24, 2.45) is 10.7 Å². The molecule has 9 heteroatoms. The van der Waals surface area contributed by atoms with Crippen molar-refractivity contribution in [2.75, 3.05) is 39.9 Å². The number of hydrogen-bond donors (Lipinski definition) is 3. The fraction of sp³-hybridized carbons (Fsp3) is 0.619. The molecule has 8 nitrogen and oxygen atoms in total. The van der Waals surface area contributed by atoms with Crippen LogP contribution in [0.4, 0.5) is 4.79 Å². The number of carbonyl (C=O) groups excluding carboxylic acids is 1. The number of urea groups is 1. The van der Waals surface area contributed by atoms with Crippen molar-refractivity contribution in [3.8, 4) is 11.5 Å². The third kappa shape index (κ3) is 8.45. The zero-order valence-electron chi connectivity index (χ0n) is 18.3. The summed E-state index contributed by atoms with van der Waals surface area (Å²) in [6, 6.07) is 6.03. The lowest BCUT2D eigenvalue weighted by atomic mass is 10.1. The van der Waals surface area contributed by atoms with Crippen LogP contribution in [0.2, 0.25) is 0 Å². The normalized spacial score (nSPS) is 14.6. The van der Waals surface area contributed by atoms with E-state index in [1.807, 2.05) is 19.1 Å². The van der Waals surface area contributed by atoms with Gasteiger partial charge in [0.15, 0.2) is 17.5 Å². The van der Waals surface area contributed by atoms with Gasteiger partial charge >= 0.3 is 6.03 Å². The molecule has 1 aromatic carbocycles. The number of methoxy groups -OCH3 is 1. The Labute approximate surface area is 197 Å². The Kier molecular flexibility index (Phi) is 12.3. The number of hydrogen-bond acceptors (Lipinski definition) is 4. The van der Waals surface area contributed by atoms with Gasteiger partial charge in [0.2, 0.25) is 0 Å².